The van der Waals surface area contributed by atoms with Crippen LogP contribution < -0.4 is 5.73 Å². The summed E-state index contributed by atoms with van der Waals surface area (Å²) in [6, 6.07) is 6.38. The molecule has 0 bridgehead atoms. The molecular weight excluding hydrogens is 411 g/mol. The maximum Gasteiger partial charge on any atom is 0.180 e. The summed E-state index contributed by atoms with van der Waals surface area (Å²) in [7, 11) is 0. The molecule has 0 radical (unpaired) electrons. The molecule has 0 unspecified atom stereocenters. The van der Waals surface area contributed by atoms with Crippen molar-refractivity contribution in [1.29, 1.82) is 0 Å². The maximum absolute atomic E-state index is 5.77. The number of benzene rings is 1. The van der Waals surface area contributed by atoms with Gasteiger partial charge in [-0.3, -0.25) is 0 Å². The fourth-order valence-electron chi connectivity index (χ4n) is 1.67. The van der Waals surface area contributed by atoms with E-state index in [0.29, 0.717) is 5.13 Å². The van der Waals surface area contributed by atoms with Gasteiger partial charge in [-0.1, -0.05) is 22.9 Å². The smallest absolute Gasteiger partial charge is 0.180 e. The number of anilines is 1. The molecular formula is C12H12BrIN2S. The van der Waals surface area contributed by atoms with Crippen LogP contribution in [0.1, 0.15) is 23.1 Å². The third-order valence-electron chi connectivity index (χ3n) is 2.49. The molecule has 0 saturated heterocycles. The number of thiazole rings is 1. The molecule has 0 aliphatic rings. The normalized spacial score (nSPS) is 10.8. The van der Waals surface area contributed by atoms with Gasteiger partial charge in [0.1, 0.15) is 0 Å². The van der Waals surface area contributed by atoms with Gasteiger partial charge < -0.3 is 5.73 Å². The van der Waals surface area contributed by atoms with Gasteiger partial charge in [0.25, 0.3) is 0 Å². The van der Waals surface area contributed by atoms with Gasteiger partial charge in [-0.25, -0.2) is 4.98 Å². The van der Waals surface area contributed by atoms with E-state index in [0.717, 1.165) is 23.0 Å². The molecule has 2 aromatic rings. The van der Waals surface area contributed by atoms with E-state index in [-0.39, 0.29) is 0 Å². The first-order chi connectivity index (χ1) is 8.10. The summed E-state index contributed by atoms with van der Waals surface area (Å²) in [4.78, 5) is 5.63. The Labute approximate surface area is 127 Å². The summed E-state index contributed by atoms with van der Waals surface area (Å²) in [6.07, 6.45) is 1.83. The van der Waals surface area contributed by atoms with Crippen LogP contribution in [0.4, 0.5) is 5.13 Å². The average molecular weight is 423 g/mol. The van der Waals surface area contributed by atoms with E-state index >= 15 is 0 Å². The van der Waals surface area contributed by atoms with E-state index < -0.39 is 0 Å². The summed E-state index contributed by atoms with van der Waals surface area (Å²) in [5, 5.41) is 0.665. The summed E-state index contributed by atoms with van der Waals surface area (Å²) in [6.45, 7) is 2.11. The minimum absolute atomic E-state index is 0.665. The van der Waals surface area contributed by atoms with Crippen LogP contribution in [-0.4, -0.2) is 4.98 Å². The molecule has 0 aliphatic heterocycles. The Morgan fingerprint density at radius 3 is 2.94 bits per heavy atom. The van der Waals surface area contributed by atoms with Crippen LogP contribution in [0.15, 0.2) is 22.7 Å². The Bertz CT molecular complexity index is 539. The third-order valence-corrected chi connectivity index (χ3v) is 4.86. The molecule has 0 amide bonds. The minimum atomic E-state index is 0.665. The number of nitrogens with two attached hydrogens (primary N) is 1. The molecule has 0 saturated carbocycles. The topological polar surface area (TPSA) is 38.9 Å². The number of nitrogens with zero attached hydrogens (tertiary/aromatic N) is 1. The van der Waals surface area contributed by atoms with Crippen molar-refractivity contribution in [1.82, 2.24) is 4.98 Å². The molecule has 90 valence electrons. The second-order valence-corrected chi connectivity index (χ2v) is 6.90. The minimum Gasteiger partial charge on any atom is -0.375 e. The van der Waals surface area contributed by atoms with Crippen LogP contribution in [0.5, 0.6) is 0 Å². The van der Waals surface area contributed by atoms with Crippen LogP contribution in [0, 0.1) is 3.57 Å². The lowest BCUT2D eigenvalue weighted by molar-refractivity contribution is 1.02. The van der Waals surface area contributed by atoms with Crippen molar-refractivity contribution in [3.05, 3.63) is 42.4 Å². The van der Waals surface area contributed by atoms with Gasteiger partial charge >= 0.3 is 0 Å². The van der Waals surface area contributed by atoms with Gasteiger partial charge in [0.15, 0.2) is 5.13 Å². The lowest BCUT2D eigenvalue weighted by Gasteiger charge is -2.04. The molecule has 1 aromatic carbocycles. The average Bonchev–Trinajstić information content (AvgIpc) is 2.64. The van der Waals surface area contributed by atoms with Crippen molar-refractivity contribution >= 4 is 55.0 Å². The molecule has 1 heterocycles. The predicted molar refractivity (Wildman–Crippen MR) is 85.6 cm³/mol. The predicted octanol–water partition coefficient (Wildman–Crippen LogP) is 4.25. The van der Waals surface area contributed by atoms with Crippen molar-refractivity contribution in [2.45, 2.75) is 19.8 Å². The first kappa shape index (κ1) is 13.3. The molecule has 1 aromatic heterocycles. The molecule has 0 atom stereocenters. The van der Waals surface area contributed by atoms with Crippen LogP contribution in [0.25, 0.3) is 0 Å². The van der Waals surface area contributed by atoms with Gasteiger partial charge in [0.2, 0.25) is 0 Å². The number of hydrogen-bond donors (Lipinski definition) is 1. The first-order valence-corrected chi connectivity index (χ1v) is 7.97. The molecule has 2 rings (SSSR count). The summed E-state index contributed by atoms with van der Waals surface area (Å²) < 4.78 is 2.39. The first-order valence-electron chi connectivity index (χ1n) is 5.28. The van der Waals surface area contributed by atoms with Gasteiger partial charge in [0.05, 0.1) is 5.69 Å². The number of aryl methyl sites for hydroxylation is 1. The Morgan fingerprint density at radius 2 is 2.24 bits per heavy atom. The monoisotopic (exact) mass is 422 g/mol. The Balaban J connectivity index is 2.33. The fraction of sp³-hybridized carbons (Fsp3) is 0.250. The van der Waals surface area contributed by atoms with Crippen molar-refractivity contribution in [2.75, 3.05) is 5.73 Å². The quantitative estimate of drug-likeness (QED) is 0.751. The maximum atomic E-state index is 5.77. The number of halogens is 2. The van der Waals surface area contributed by atoms with E-state index in [2.05, 4.69) is 68.6 Å². The van der Waals surface area contributed by atoms with Gasteiger partial charge in [-0.2, -0.15) is 0 Å². The van der Waals surface area contributed by atoms with Gasteiger partial charge in [-0.15, -0.1) is 11.3 Å². The molecule has 17 heavy (non-hydrogen) atoms. The van der Waals surface area contributed by atoms with Crippen molar-refractivity contribution in [2.24, 2.45) is 0 Å². The van der Waals surface area contributed by atoms with Gasteiger partial charge in [-0.05, 0) is 52.8 Å². The van der Waals surface area contributed by atoms with Crippen LogP contribution in [-0.2, 0) is 12.8 Å². The lowest BCUT2D eigenvalue weighted by atomic mass is 10.1. The highest BCUT2D eigenvalue weighted by atomic mass is 127. The number of nitrogen functional groups attached to an aromatic ring is 1. The summed E-state index contributed by atoms with van der Waals surface area (Å²) in [5.74, 6) is 0. The van der Waals surface area contributed by atoms with E-state index in [1.165, 1.54) is 14.0 Å². The van der Waals surface area contributed by atoms with Crippen LogP contribution in [0.2, 0.25) is 0 Å². The van der Waals surface area contributed by atoms with Gasteiger partial charge in [0, 0.05) is 19.3 Å². The number of hydrogen-bond acceptors (Lipinski definition) is 3. The lowest BCUT2D eigenvalue weighted by Crippen LogP contribution is -1.93. The van der Waals surface area contributed by atoms with Crippen LogP contribution >= 0.6 is 49.9 Å². The Morgan fingerprint density at radius 1 is 1.47 bits per heavy atom. The van der Waals surface area contributed by atoms with E-state index in [9.17, 15) is 0 Å². The second kappa shape index (κ2) is 5.67. The third kappa shape index (κ3) is 3.20. The number of rotatable bonds is 3. The highest BCUT2D eigenvalue weighted by Crippen LogP contribution is 2.28. The van der Waals surface area contributed by atoms with E-state index in [1.807, 2.05) is 0 Å². The van der Waals surface area contributed by atoms with Crippen molar-refractivity contribution in [3.8, 4) is 0 Å². The molecule has 2 N–H and O–H groups in total. The summed E-state index contributed by atoms with van der Waals surface area (Å²) >= 11 is 7.51. The zero-order valence-electron chi connectivity index (χ0n) is 9.34. The second-order valence-electron chi connectivity index (χ2n) is 3.69. The van der Waals surface area contributed by atoms with Crippen molar-refractivity contribution in [3.63, 3.8) is 0 Å². The zero-order chi connectivity index (χ0) is 12.4. The Hall–Kier alpha value is -0.140. The highest BCUT2D eigenvalue weighted by molar-refractivity contribution is 14.1. The molecule has 5 heteroatoms. The number of aromatic nitrogens is 1. The standard InChI is InChI=1S/C12H12BrIN2S/c1-2-10-11(17-12(15)16-10)6-7-5-8(14)3-4-9(7)13/h3-5H,2,6H2,1H3,(H2,15,16). The molecule has 0 aliphatic carbocycles. The fourth-order valence-corrected chi connectivity index (χ4v) is 3.56. The largest absolute Gasteiger partial charge is 0.375 e. The molecule has 0 spiro atoms. The summed E-state index contributed by atoms with van der Waals surface area (Å²) in [5.41, 5.74) is 8.18. The molecule has 0 fully saturated rings. The molecule has 2 nitrogen and oxygen atoms in total. The van der Waals surface area contributed by atoms with Crippen LogP contribution in [0.3, 0.4) is 0 Å². The van der Waals surface area contributed by atoms with Crippen molar-refractivity contribution < 1.29 is 0 Å². The van der Waals surface area contributed by atoms with E-state index in [4.69, 9.17) is 5.73 Å². The Kier molecular flexibility index (Phi) is 4.43. The zero-order valence-corrected chi connectivity index (χ0v) is 13.9. The SMILES string of the molecule is CCc1nc(N)sc1Cc1cc(I)ccc1Br. The van der Waals surface area contributed by atoms with E-state index in [1.54, 1.807) is 11.3 Å². The highest BCUT2D eigenvalue weighted by Gasteiger charge is 2.10.